The molecule has 1 aromatic carbocycles. The van der Waals surface area contributed by atoms with Gasteiger partial charge in [0.2, 0.25) is 5.91 Å². The van der Waals surface area contributed by atoms with Crippen LogP contribution in [0.25, 0.3) is 0 Å². The Balaban J connectivity index is 2.37. The number of carbonyl (C=O) groups is 1. The summed E-state index contributed by atoms with van der Waals surface area (Å²) in [6, 6.07) is 9.06. The predicted molar refractivity (Wildman–Crippen MR) is 69.0 cm³/mol. The van der Waals surface area contributed by atoms with Crippen LogP contribution in [0.1, 0.15) is 25.0 Å². The first-order valence-electron chi connectivity index (χ1n) is 6.03. The highest BCUT2D eigenvalue weighted by Crippen LogP contribution is 2.04. The van der Waals surface area contributed by atoms with Crippen LogP contribution in [-0.2, 0) is 16.0 Å². The van der Waals surface area contributed by atoms with E-state index in [4.69, 9.17) is 10.00 Å². The molecule has 0 saturated carbocycles. The summed E-state index contributed by atoms with van der Waals surface area (Å²) >= 11 is 0. The second-order valence-corrected chi connectivity index (χ2v) is 4.06. The molecule has 1 rings (SSSR count). The number of amides is 1. The van der Waals surface area contributed by atoms with Crippen molar-refractivity contribution in [2.75, 3.05) is 13.2 Å². The lowest BCUT2D eigenvalue weighted by molar-refractivity contribution is -0.121. The molecule has 1 N–H and O–H groups in total. The van der Waals surface area contributed by atoms with E-state index in [0.29, 0.717) is 25.1 Å². The van der Waals surface area contributed by atoms with Gasteiger partial charge < -0.3 is 10.1 Å². The summed E-state index contributed by atoms with van der Waals surface area (Å²) in [5, 5.41) is 11.5. The standard InChI is InChI=1S/C14H18N2O2/c1-3-18-11(2)10-16-14(17)8-12-4-6-13(9-15)7-5-12/h4-7,11H,3,8,10H2,1-2H3,(H,16,17). The molecule has 0 aromatic heterocycles. The van der Waals surface area contributed by atoms with Crippen molar-refractivity contribution in [2.45, 2.75) is 26.4 Å². The van der Waals surface area contributed by atoms with Crippen molar-refractivity contribution in [2.24, 2.45) is 0 Å². The molecule has 0 aliphatic carbocycles. The topological polar surface area (TPSA) is 62.1 Å². The van der Waals surface area contributed by atoms with Crippen LogP contribution < -0.4 is 5.32 Å². The molecule has 1 atom stereocenters. The molecular weight excluding hydrogens is 228 g/mol. The molecule has 0 radical (unpaired) electrons. The zero-order chi connectivity index (χ0) is 13.4. The van der Waals surface area contributed by atoms with Gasteiger partial charge in [0.15, 0.2) is 0 Å². The smallest absolute Gasteiger partial charge is 0.224 e. The Kier molecular flexibility index (Phi) is 5.89. The second-order valence-electron chi connectivity index (χ2n) is 4.06. The second kappa shape index (κ2) is 7.46. The van der Waals surface area contributed by atoms with E-state index in [1.807, 2.05) is 19.9 Å². The van der Waals surface area contributed by atoms with Crippen molar-refractivity contribution >= 4 is 5.91 Å². The lowest BCUT2D eigenvalue weighted by Gasteiger charge is -2.12. The van der Waals surface area contributed by atoms with Crippen LogP contribution in [-0.4, -0.2) is 25.2 Å². The Hall–Kier alpha value is -1.86. The average Bonchev–Trinajstić information content (AvgIpc) is 2.38. The molecule has 0 bridgehead atoms. The van der Waals surface area contributed by atoms with E-state index in [0.717, 1.165) is 5.56 Å². The van der Waals surface area contributed by atoms with E-state index >= 15 is 0 Å². The first-order valence-corrected chi connectivity index (χ1v) is 6.03. The van der Waals surface area contributed by atoms with Crippen molar-refractivity contribution in [3.05, 3.63) is 35.4 Å². The van der Waals surface area contributed by atoms with Crippen LogP contribution in [0.2, 0.25) is 0 Å². The summed E-state index contributed by atoms with van der Waals surface area (Å²) in [6.07, 6.45) is 0.352. The van der Waals surface area contributed by atoms with Crippen molar-refractivity contribution < 1.29 is 9.53 Å². The van der Waals surface area contributed by atoms with Crippen molar-refractivity contribution in [1.29, 1.82) is 5.26 Å². The number of hydrogen-bond donors (Lipinski definition) is 1. The van der Waals surface area contributed by atoms with Crippen LogP contribution in [0.5, 0.6) is 0 Å². The summed E-state index contributed by atoms with van der Waals surface area (Å²) in [5.74, 6) is -0.0359. The quantitative estimate of drug-likeness (QED) is 0.830. The predicted octanol–water partition coefficient (Wildman–Crippen LogP) is 1.64. The molecule has 0 spiro atoms. The number of nitrogens with one attached hydrogen (secondary N) is 1. The lowest BCUT2D eigenvalue weighted by atomic mass is 10.1. The van der Waals surface area contributed by atoms with Gasteiger partial charge in [0.1, 0.15) is 0 Å². The third-order valence-corrected chi connectivity index (χ3v) is 2.49. The minimum absolute atomic E-state index is 0.0277. The molecule has 1 unspecified atom stereocenters. The number of ether oxygens (including phenoxy) is 1. The van der Waals surface area contributed by atoms with Crippen LogP contribution in [0, 0.1) is 11.3 Å². The van der Waals surface area contributed by atoms with Gasteiger partial charge >= 0.3 is 0 Å². The Morgan fingerprint density at radius 1 is 1.44 bits per heavy atom. The Bertz CT molecular complexity index is 420. The molecule has 0 saturated heterocycles. The first-order chi connectivity index (χ1) is 8.65. The largest absolute Gasteiger partial charge is 0.377 e. The summed E-state index contributed by atoms with van der Waals surface area (Å²) in [4.78, 5) is 11.6. The molecule has 0 aliphatic rings. The fourth-order valence-electron chi connectivity index (χ4n) is 1.55. The number of hydrogen-bond acceptors (Lipinski definition) is 3. The summed E-state index contributed by atoms with van der Waals surface area (Å²) in [5.41, 5.74) is 1.50. The van der Waals surface area contributed by atoms with Crippen LogP contribution in [0.4, 0.5) is 0 Å². The number of rotatable bonds is 6. The zero-order valence-corrected chi connectivity index (χ0v) is 10.8. The molecule has 0 heterocycles. The summed E-state index contributed by atoms with van der Waals surface area (Å²) in [6.45, 7) is 5.01. The zero-order valence-electron chi connectivity index (χ0n) is 10.8. The molecular formula is C14H18N2O2. The number of nitrogens with zero attached hydrogens (tertiary/aromatic N) is 1. The van der Waals surface area contributed by atoms with Gasteiger partial charge in [0, 0.05) is 13.2 Å². The lowest BCUT2D eigenvalue weighted by Crippen LogP contribution is -2.33. The van der Waals surface area contributed by atoms with Crippen LogP contribution in [0.15, 0.2) is 24.3 Å². The monoisotopic (exact) mass is 246 g/mol. The minimum Gasteiger partial charge on any atom is -0.377 e. The highest BCUT2D eigenvalue weighted by atomic mass is 16.5. The van der Waals surface area contributed by atoms with Gasteiger partial charge in [-0.05, 0) is 31.5 Å². The normalized spacial score (nSPS) is 11.6. The minimum atomic E-state index is -0.0359. The molecule has 4 nitrogen and oxygen atoms in total. The number of benzene rings is 1. The van der Waals surface area contributed by atoms with Crippen molar-refractivity contribution in [1.82, 2.24) is 5.32 Å². The Morgan fingerprint density at radius 2 is 2.11 bits per heavy atom. The fourth-order valence-corrected chi connectivity index (χ4v) is 1.55. The third-order valence-electron chi connectivity index (χ3n) is 2.49. The molecule has 0 aliphatic heterocycles. The van der Waals surface area contributed by atoms with E-state index in [2.05, 4.69) is 5.32 Å². The Morgan fingerprint density at radius 3 is 2.67 bits per heavy atom. The van der Waals surface area contributed by atoms with E-state index in [1.54, 1.807) is 24.3 Å². The highest BCUT2D eigenvalue weighted by molar-refractivity contribution is 5.78. The molecule has 18 heavy (non-hydrogen) atoms. The molecule has 1 amide bonds. The SMILES string of the molecule is CCOC(C)CNC(=O)Cc1ccc(C#N)cc1. The van der Waals surface area contributed by atoms with Gasteiger partial charge in [-0.25, -0.2) is 0 Å². The van der Waals surface area contributed by atoms with Gasteiger partial charge in [-0.1, -0.05) is 12.1 Å². The van der Waals surface area contributed by atoms with Gasteiger partial charge in [-0.15, -0.1) is 0 Å². The van der Waals surface area contributed by atoms with Crippen molar-refractivity contribution in [3.63, 3.8) is 0 Å². The van der Waals surface area contributed by atoms with E-state index in [1.165, 1.54) is 0 Å². The molecule has 1 aromatic rings. The molecule has 0 fully saturated rings. The van der Waals surface area contributed by atoms with Gasteiger partial charge in [0.25, 0.3) is 0 Å². The highest BCUT2D eigenvalue weighted by Gasteiger charge is 2.06. The maximum absolute atomic E-state index is 11.6. The summed E-state index contributed by atoms with van der Waals surface area (Å²) in [7, 11) is 0. The summed E-state index contributed by atoms with van der Waals surface area (Å²) < 4.78 is 5.32. The average molecular weight is 246 g/mol. The van der Waals surface area contributed by atoms with E-state index in [9.17, 15) is 4.79 Å². The molecule has 4 heteroatoms. The van der Waals surface area contributed by atoms with Gasteiger partial charge in [0.05, 0.1) is 24.2 Å². The number of carbonyl (C=O) groups excluding carboxylic acids is 1. The van der Waals surface area contributed by atoms with E-state index < -0.39 is 0 Å². The first kappa shape index (κ1) is 14.2. The fraction of sp³-hybridized carbons (Fsp3) is 0.429. The maximum Gasteiger partial charge on any atom is 0.224 e. The Labute approximate surface area is 108 Å². The maximum atomic E-state index is 11.6. The van der Waals surface area contributed by atoms with Crippen LogP contribution >= 0.6 is 0 Å². The molecule has 96 valence electrons. The van der Waals surface area contributed by atoms with Gasteiger partial charge in [-0.3, -0.25) is 4.79 Å². The van der Waals surface area contributed by atoms with Gasteiger partial charge in [-0.2, -0.15) is 5.26 Å². The number of nitriles is 1. The van der Waals surface area contributed by atoms with Crippen molar-refractivity contribution in [3.8, 4) is 6.07 Å². The van der Waals surface area contributed by atoms with E-state index in [-0.39, 0.29) is 12.0 Å². The van der Waals surface area contributed by atoms with Crippen LogP contribution in [0.3, 0.4) is 0 Å². The third kappa shape index (κ3) is 4.98.